The van der Waals surface area contributed by atoms with Crippen molar-refractivity contribution in [2.24, 2.45) is 0 Å². The summed E-state index contributed by atoms with van der Waals surface area (Å²) in [6, 6.07) is 21.7. The summed E-state index contributed by atoms with van der Waals surface area (Å²) in [5.41, 5.74) is 6.81. The zero-order valence-corrected chi connectivity index (χ0v) is 21.1. The van der Waals surface area contributed by atoms with Gasteiger partial charge in [0.1, 0.15) is 0 Å². The number of carbonyl (C=O) groups excluding carboxylic acids is 2. The molecule has 2 N–H and O–H groups in total. The van der Waals surface area contributed by atoms with E-state index in [0.717, 1.165) is 56.8 Å². The molecule has 1 fully saturated rings. The third-order valence-corrected chi connectivity index (χ3v) is 7.18. The second kappa shape index (κ2) is 10.4. The number of hydrogen-bond donors (Lipinski definition) is 2. The minimum Gasteiger partial charge on any atom is -0.366 e. The molecule has 3 aromatic rings. The maximum absolute atomic E-state index is 13.5. The van der Waals surface area contributed by atoms with Crippen LogP contribution in [0.4, 0.5) is 21.9 Å². The molecule has 0 spiro atoms. The maximum atomic E-state index is 13.5. The van der Waals surface area contributed by atoms with Gasteiger partial charge in [-0.3, -0.25) is 4.79 Å². The van der Waals surface area contributed by atoms with Crippen molar-refractivity contribution in [2.75, 3.05) is 35.2 Å². The molecule has 6 heteroatoms. The zero-order chi connectivity index (χ0) is 25.1. The number of likely N-dealkylation sites (tertiary alicyclic amines) is 1. The summed E-state index contributed by atoms with van der Waals surface area (Å²) < 4.78 is 0. The Morgan fingerprint density at radius 2 is 1.47 bits per heavy atom. The van der Waals surface area contributed by atoms with Gasteiger partial charge in [-0.2, -0.15) is 0 Å². The normalized spacial score (nSPS) is 15.1. The van der Waals surface area contributed by atoms with E-state index in [4.69, 9.17) is 0 Å². The average Bonchev–Trinajstić information content (AvgIpc) is 3.43. The Bertz CT molecular complexity index is 1250. The SMILES string of the molecule is CC(C)c1ccc(NC(=O)Nc2ccc(N3CCc4ccccc4C3)c(C(=O)N3CCCC3)c2)cc1. The minimum atomic E-state index is -0.327. The Morgan fingerprint density at radius 1 is 0.806 bits per heavy atom. The third kappa shape index (κ3) is 5.23. The zero-order valence-electron chi connectivity index (χ0n) is 21.1. The van der Waals surface area contributed by atoms with Crippen molar-refractivity contribution in [3.63, 3.8) is 0 Å². The Balaban J connectivity index is 1.36. The van der Waals surface area contributed by atoms with Crippen LogP contribution in [0.25, 0.3) is 0 Å². The topological polar surface area (TPSA) is 64.7 Å². The average molecular weight is 483 g/mol. The first kappa shape index (κ1) is 23.9. The van der Waals surface area contributed by atoms with Gasteiger partial charge in [0.15, 0.2) is 0 Å². The van der Waals surface area contributed by atoms with E-state index in [2.05, 4.69) is 53.6 Å². The number of amides is 3. The molecular weight excluding hydrogens is 448 g/mol. The van der Waals surface area contributed by atoms with Crippen LogP contribution in [0.2, 0.25) is 0 Å². The van der Waals surface area contributed by atoms with Crippen molar-refractivity contribution in [1.29, 1.82) is 0 Å². The van der Waals surface area contributed by atoms with Crippen LogP contribution in [-0.2, 0) is 13.0 Å². The standard InChI is InChI=1S/C30H34N4O2/c1-21(2)22-9-11-25(12-10-22)31-30(36)32-26-13-14-28(27(19-26)29(35)33-16-5-6-17-33)34-18-15-23-7-3-4-8-24(23)20-34/h3-4,7-14,19,21H,5-6,15-18,20H2,1-2H3,(H2,31,32,36). The highest BCUT2D eigenvalue weighted by atomic mass is 16.2. The number of anilines is 3. The second-order valence-electron chi connectivity index (χ2n) is 10.0. The number of urea groups is 1. The molecule has 5 rings (SSSR count). The first-order chi connectivity index (χ1) is 17.5. The molecule has 0 aliphatic carbocycles. The van der Waals surface area contributed by atoms with Gasteiger partial charge < -0.3 is 20.4 Å². The van der Waals surface area contributed by atoms with Crippen LogP contribution in [0.15, 0.2) is 66.7 Å². The molecule has 0 bridgehead atoms. The van der Waals surface area contributed by atoms with Gasteiger partial charge in [0.05, 0.1) is 5.56 Å². The van der Waals surface area contributed by atoms with Gasteiger partial charge in [-0.25, -0.2) is 4.79 Å². The Morgan fingerprint density at radius 3 is 2.19 bits per heavy atom. The fourth-order valence-corrected chi connectivity index (χ4v) is 5.10. The summed E-state index contributed by atoms with van der Waals surface area (Å²) in [5, 5.41) is 5.81. The summed E-state index contributed by atoms with van der Waals surface area (Å²) in [6.45, 7) is 7.48. The molecule has 6 nitrogen and oxygen atoms in total. The van der Waals surface area contributed by atoms with Crippen molar-refractivity contribution in [2.45, 2.75) is 45.6 Å². The van der Waals surface area contributed by atoms with Crippen LogP contribution in [-0.4, -0.2) is 36.5 Å². The summed E-state index contributed by atoms with van der Waals surface area (Å²) in [6.07, 6.45) is 3.02. The van der Waals surface area contributed by atoms with E-state index < -0.39 is 0 Å². The highest BCUT2D eigenvalue weighted by Crippen LogP contribution is 2.31. The number of carbonyl (C=O) groups is 2. The molecule has 36 heavy (non-hydrogen) atoms. The van der Waals surface area contributed by atoms with Gasteiger partial charge >= 0.3 is 6.03 Å². The second-order valence-corrected chi connectivity index (χ2v) is 10.0. The van der Waals surface area contributed by atoms with E-state index >= 15 is 0 Å². The summed E-state index contributed by atoms with van der Waals surface area (Å²) in [7, 11) is 0. The molecule has 186 valence electrons. The highest BCUT2D eigenvalue weighted by molar-refractivity contribution is 6.04. The molecule has 0 unspecified atom stereocenters. The van der Waals surface area contributed by atoms with E-state index in [1.165, 1.54) is 16.7 Å². The lowest BCUT2D eigenvalue weighted by Gasteiger charge is -2.33. The number of rotatable bonds is 5. The maximum Gasteiger partial charge on any atom is 0.323 e. The lowest BCUT2D eigenvalue weighted by Crippen LogP contribution is -2.34. The van der Waals surface area contributed by atoms with E-state index in [1.807, 2.05) is 47.4 Å². The Labute approximate surface area is 213 Å². The summed E-state index contributed by atoms with van der Waals surface area (Å²) in [5.74, 6) is 0.473. The van der Waals surface area contributed by atoms with Crippen LogP contribution in [0, 0.1) is 0 Å². The van der Waals surface area contributed by atoms with Gasteiger partial charge in [-0.1, -0.05) is 50.2 Å². The van der Waals surface area contributed by atoms with Crippen molar-refractivity contribution < 1.29 is 9.59 Å². The molecule has 0 atom stereocenters. The monoisotopic (exact) mass is 482 g/mol. The van der Waals surface area contributed by atoms with Gasteiger partial charge in [-0.15, -0.1) is 0 Å². The van der Waals surface area contributed by atoms with Crippen molar-refractivity contribution in [3.8, 4) is 0 Å². The Kier molecular flexibility index (Phi) is 6.94. The van der Waals surface area contributed by atoms with Crippen LogP contribution in [0.5, 0.6) is 0 Å². The minimum absolute atomic E-state index is 0.0368. The molecule has 0 saturated carbocycles. The predicted octanol–water partition coefficient (Wildman–Crippen LogP) is 6.25. The van der Waals surface area contributed by atoms with E-state index in [0.29, 0.717) is 17.2 Å². The highest BCUT2D eigenvalue weighted by Gasteiger charge is 2.26. The molecule has 0 aromatic heterocycles. The van der Waals surface area contributed by atoms with Gasteiger partial charge in [-0.05, 0) is 72.2 Å². The summed E-state index contributed by atoms with van der Waals surface area (Å²) >= 11 is 0. The van der Waals surface area contributed by atoms with Crippen molar-refractivity contribution in [1.82, 2.24) is 4.90 Å². The van der Waals surface area contributed by atoms with E-state index in [1.54, 1.807) is 0 Å². The van der Waals surface area contributed by atoms with Crippen LogP contribution < -0.4 is 15.5 Å². The smallest absolute Gasteiger partial charge is 0.323 e. The van der Waals surface area contributed by atoms with Gasteiger partial charge in [0.25, 0.3) is 5.91 Å². The predicted molar refractivity (Wildman–Crippen MR) is 146 cm³/mol. The van der Waals surface area contributed by atoms with Crippen molar-refractivity contribution in [3.05, 3.63) is 89.0 Å². The largest absolute Gasteiger partial charge is 0.366 e. The number of fused-ring (bicyclic) bond motifs is 1. The van der Waals surface area contributed by atoms with Gasteiger partial charge in [0.2, 0.25) is 0 Å². The lowest BCUT2D eigenvalue weighted by molar-refractivity contribution is 0.0793. The number of nitrogens with zero attached hydrogens (tertiary/aromatic N) is 2. The fourth-order valence-electron chi connectivity index (χ4n) is 5.10. The van der Waals surface area contributed by atoms with E-state index in [-0.39, 0.29) is 11.9 Å². The van der Waals surface area contributed by atoms with Crippen LogP contribution in [0.3, 0.4) is 0 Å². The lowest BCUT2D eigenvalue weighted by atomic mass is 9.98. The quantitative estimate of drug-likeness (QED) is 0.452. The fraction of sp³-hybridized carbons (Fsp3) is 0.333. The van der Waals surface area contributed by atoms with Gasteiger partial charge in [0, 0.05) is 43.2 Å². The molecule has 1 saturated heterocycles. The first-order valence-electron chi connectivity index (χ1n) is 12.9. The Hall–Kier alpha value is -3.80. The molecule has 3 amide bonds. The molecule has 2 aliphatic heterocycles. The van der Waals surface area contributed by atoms with E-state index in [9.17, 15) is 9.59 Å². The van der Waals surface area contributed by atoms with Crippen LogP contribution >= 0.6 is 0 Å². The molecule has 2 heterocycles. The molecular formula is C30H34N4O2. The number of nitrogens with one attached hydrogen (secondary N) is 2. The summed E-state index contributed by atoms with van der Waals surface area (Å²) in [4.78, 5) is 30.5. The molecule has 2 aliphatic rings. The number of benzene rings is 3. The number of hydrogen-bond acceptors (Lipinski definition) is 3. The third-order valence-electron chi connectivity index (χ3n) is 7.18. The molecule has 3 aromatic carbocycles. The molecule has 0 radical (unpaired) electrons. The van der Waals surface area contributed by atoms with Crippen molar-refractivity contribution >= 4 is 29.0 Å². The van der Waals surface area contributed by atoms with Crippen LogP contribution in [0.1, 0.15) is 59.7 Å². The first-order valence-corrected chi connectivity index (χ1v) is 12.9.